The number of aromatic nitrogens is 2. The molecule has 0 aliphatic heterocycles. The molecule has 0 aliphatic rings. The van der Waals surface area contributed by atoms with Gasteiger partial charge in [0.25, 0.3) is 10.0 Å². The fourth-order valence-corrected chi connectivity index (χ4v) is 5.49. The molecular formula is C28H32N4O4S. The van der Waals surface area contributed by atoms with E-state index >= 15 is 0 Å². The van der Waals surface area contributed by atoms with Crippen LogP contribution < -0.4 is 4.31 Å². The first-order valence-electron chi connectivity index (χ1n) is 12.1. The highest BCUT2D eigenvalue weighted by Gasteiger charge is 2.30. The summed E-state index contributed by atoms with van der Waals surface area (Å²) in [5.74, 6) is -0.419. The minimum atomic E-state index is -4.10. The van der Waals surface area contributed by atoms with Crippen molar-refractivity contribution in [3.8, 4) is 0 Å². The smallest absolute Gasteiger partial charge is 0.264 e. The number of nitrogens with zero attached hydrogens (tertiary/aromatic N) is 3. The molecule has 37 heavy (non-hydrogen) atoms. The van der Waals surface area contributed by atoms with Crippen LogP contribution in [0.4, 0.5) is 5.69 Å². The fourth-order valence-electron chi connectivity index (χ4n) is 4.09. The molecule has 4 rings (SSSR count). The van der Waals surface area contributed by atoms with Crippen LogP contribution >= 0.6 is 0 Å². The molecule has 1 heterocycles. The number of aliphatic hydroxyl groups excluding tert-OH is 1. The SMILES string of the molecule is CC(C)(C)c1ccc(S(=O)(=O)N(CC(=O)N(CCO)Cc2ccccc2)c2ccc3cn[nH]c3c2)cc1. The lowest BCUT2D eigenvalue weighted by Gasteiger charge is -2.28. The number of sulfonamides is 1. The molecule has 1 amide bonds. The van der Waals surface area contributed by atoms with Crippen LogP contribution in [0, 0.1) is 0 Å². The summed E-state index contributed by atoms with van der Waals surface area (Å²) >= 11 is 0. The van der Waals surface area contributed by atoms with Gasteiger partial charge in [-0.3, -0.25) is 14.2 Å². The van der Waals surface area contributed by atoms with Crippen LogP contribution in [0.1, 0.15) is 31.9 Å². The predicted octanol–water partition coefficient (Wildman–Crippen LogP) is 4.08. The number of fused-ring (bicyclic) bond motifs is 1. The predicted molar refractivity (Wildman–Crippen MR) is 145 cm³/mol. The Morgan fingerprint density at radius 1 is 1.00 bits per heavy atom. The molecule has 194 valence electrons. The lowest BCUT2D eigenvalue weighted by Crippen LogP contribution is -2.43. The van der Waals surface area contributed by atoms with E-state index in [4.69, 9.17) is 0 Å². The van der Waals surface area contributed by atoms with Crippen molar-refractivity contribution in [3.63, 3.8) is 0 Å². The van der Waals surface area contributed by atoms with E-state index in [0.717, 1.165) is 20.8 Å². The van der Waals surface area contributed by atoms with E-state index in [2.05, 4.69) is 31.0 Å². The van der Waals surface area contributed by atoms with E-state index in [-0.39, 0.29) is 30.0 Å². The first-order valence-corrected chi connectivity index (χ1v) is 13.5. The molecule has 0 unspecified atom stereocenters. The zero-order valence-electron chi connectivity index (χ0n) is 21.3. The van der Waals surface area contributed by atoms with Crippen LogP contribution in [-0.2, 0) is 26.8 Å². The molecule has 0 aliphatic carbocycles. The maximum Gasteiger partial charge on any atom is 0.264 e. The molecule has 3 aromatic carbocycles. The third-order valence-corrected chi connectivity index (χ3v) is 8.03. The number of hydrogen-bond acceptors (Lipinski definition) is 5. The van der Waals surface area contributed by atoms with Crippen molar-refractivity contribution < 1.29 is 18.3 Å². The van der Waals surface area contributed by atoms with Gasteiger partial charge in [0, 0.05) is 18.5 Å². The number of nitrogens with one attached hydrogen (secondary N) is 1. The van der Waals surface area contributed by atoms with Gasteiger partial charge in [0.2, 0.25) is 5.91 Å². The normalized spacial score (nSPS) is 12.0. The van der Waals surface area contributed by atoms with Gasteiger partial charge in [0.15, 0.2) is 0 Å². The van der Waals surface area contributed by atoms with E-state index in [1.54, 1.807) is 48.7 Å². The zero-order valence-corrected chi connectivity index (χ0v) is 22.1. The van der Waals surface area contributed by atoms with Crippen LogP contribution in [0.3, 0.4) is 0 Å². The first kappa shape index (κ1) is 26.4. The Hall–Kier alpha value is -3.69. The van der Waals surface area contributed by atoms with Crippen molar-refractivity contribution in [1.29, 1.82) is 0 Å². The average Bonchev–Trinajstić information content (AvgIpc) is 3.35. The Balaban J connectivity index is 1.71. The number of hydrogen-bond donors (Lipinski definition) is 2. The van der Waals surface area contributed by atoms with Gasteiger partial charge in [0.05, 0.1) is 28.9 Å². The molecule has 0 saturated carbocycles. The van der Waals surface area contributed by atoms with Crippen molar-refractivity contribution in [1.82, 2.24) is 15.1 Å². The average molecular weight is 521 g/mol. The van der Waals surface area contributed by atoms with Gasteiger partial charge >= 0.3 is 0 Å². The second kappa shape index (κ2) is 10.7. The van der Waals surface area contributed by atoms with Crippen molar-refractivity contribution in [2.45, 2.75) is 37.6 Å². The Kier molecular flexibility index (Phi) is 7.65. The van der Waals surface area contributed by atoms with Crippen LogP contribution in [0.25, 0.3) is 10.9 Å². The number of carbonyl (C=O) groups is 1. The monoisotopic (exact) mass is 520 g/mol. The Morgan fingerprint density at radius 2 is 1.70 bits per heavy atom. The van der Waals surface area contributed by atoms with Gasteiger partial charge in [-0.15, -0.1) is 0 Å². The number of anilines is 1. The van der Waals surface area contributed by atoms with Gasteiger partial charge in [-0.25, -0.2) is 8.42 Å². The zero-order chi connectivity index (χ0) is 26.6. The molecule has 9 heteroatoms. The lowest BCUT2D eigenvalue weighted by atomic mass is 9.87. The minimum absolute atomic E-state index is 0.0848. The fraction of sp³-hybridized carbons (Fsp3) is 0.286. The Labute approximate surface area is 217 Å². The number of amides is 1. The van der Waals surface area contributed by atoms with Gasteiger partial charge in [-0.2, -0.15) is 5.10 Å². The number of carbonyl (C=O) groups excluding carboxylic acids is 1. The van der Waals surface area contributed by atoms with Crippen molar-refractivity contribution >= 4 is 32.5 Å². The van der Waals surface area contributed by atoms with E-state index < -0.39 is 22.5 Å². The molecule has 8 nitrogen and oxygen atoms in total. The van der Waals surface area contributed by atoms with Crippen LogP contribution in [-0.4, -0.2) is 54.2 Å². The number of rotatable bonds is 9. The molecule has 0 bridgehead atoms. The molecular weight excluding hydrogens is 488 g/mol. The van der Waals surface area contributed by atoms with Crippen LogP contribution in [0.5, 0.6) is 0 Å². The summed E-state index contributed by atoms with van der Waals surface area (Å²) in [4.78, 5) is 15.0. The second-order valence-electron chi connectivity index (χ2n) is 9.95. The molecule has 0 saturated heterocycles. The molecule has 1 aromatic heterocycles. The van der Waals surface area contributed by atoms with Crippen LogP contribution in [0.2, 0.25) is 0 Å². The highest BCUT2D eigenvalue weighted by atomic mass is 32.2. The summed E-state index contributed by atoms with van der Waals surface area (Å²) in [6.07, 6.45) is 1.65. The number of aliphatic hydroxyl groups is 1. The van der Waals surface area contributed by atoms with Crippen molar-refractivity contribution in [2.24, 2.45) is 0 Å². The van der Waals surface area contributed by atoms with E-state index in [0.29, 0.717) is 11.2 Å². The van der Waals surface area contributed by atoms with E-state index in [1.165, 1.54) is 4.90 Å². The summed E-state index contributed by atoms with van der Waals surface area (Å²) in [5.41, 5.74) is 2.75. The second-order valence-corrected chi connectivity index (χ2v) is 11.8. The summed E-state index contributed by atoms with van der Waals surface area (Å²) < 4.78 is 29.0. The minimum Gasteiger partial charge on any atom is -0.395 e. The standard InChI is InChI=1S/C28H32N4O4S/c1-28(2,3)23-10-13-25(14-11-23)37(35,36)32(24-12-9-22-18-29-30-26(22)17-24)20-27(34)31(15-16-33)19-21-7-5-4-6-8-21/h4-14,17-18,33H,15-16,19-20H2,1-3H3,(H,29,30). The summed E-state index contributed by atoms with van der Waals surface area (Å²) in [5, 5.41) is 17.3. The van der Waals surface area contributed by atoms with E-state index in [1.807, 2.05) is 30.3 Å². The summed E-state index contributed by atoms with van der Waals surface area (Å²) in [6.45, 7) is 5.86. The van der Waals surface area contributed by atoms with Crippen LogP contribution in [0.15, 0.2) is 83.9 Å². The molecule has 0 radical (unpaired) electrons. The van der Waals surface area contributed by atoms with Crippen molar-refractivity contribution in [3.05, 3.63) is 90.1 Å². The van der Waals surface area contributed by atoms with Crippen molar-refractivity contribution in [2.75, 3.05) is 24.0 Å². The van der Waals surface area contributed by atoms with Gasteiger partial charge in [-0.1, -0.05) is 63.2 Å². The lowest BCUT2D eigenvalue weighted by molar-refractivity contribution is -0.130. The Morgan fingerprint density at radius 3 is 2.35 bits per heavy atom. The van der Waals surface area contributed by atoms with Gasteiger partial charge < -0.3 is 10.0 Å². The quantitative estimate of drug-likeness (QED) is 0.346. The molecule has 0 spiro atoms. The third kappa shape index (κ3) is 6.00. The first-order chi connectivity index (χ1) is 17.6. The molecule has 0 fully saturated rings. The Bertz CT molecular complexity index is 1460. The summed E-state index contributed by atoms with van der Waals surface area (Å²) in [6, 6.07) is 21.3. The van der Waals surface area contributed by atoms with E-state index in [9.17, 15) is 18.3 Å². The largest absolute Gasteiger partial charge is 0.395 e. The third-order valence-electron chi connectivity index (χ3n) is 6.24. The topological polar surface area (TPSA) is 107 Å². The van der Waals surface area contributed by atoms with Gasteiger partial charge in [0.1, 0.15) is 6.54 Å². The molecule has 4 aromatic rings. The maximum atomic E-state index is 13.9. The number of H-pyrrole nitrogens is 1. The highest BCUT2D eigenvalue weighted by Crippen LogP contribution is 2.29. The van der Waals surface area contributed by atoms with Gasteiger partial charge in [-0.05, 0) is 46.9 Å². The summed E-state index contributed by atoms with van der Waals surface area (Å²) in [7, 11) is -4.10. The molecule has 0 atom stereocenters. The number of benzene rings is 3. The highest BCUT2D eigenvalue weighted by molar-refractivity contribution is 7.92. The number of aromatic amines is 1. The molecule has 2 N–H and O–H groups in total. The maximum absolute atomic E-state index is 13.9.